The third kappa shape index (κ3) is 3.56. The Bertz CT molecular complexity index is 779. The number of thiazole rings is 1. The van der Waals surface area contributed by atoms with Crippen LogP contribution in [-0.2, 0) is 16.0 Å². The highest BCUT2D eigenvalue weighted by atomic mass is 32.1. The van der Waals surface area contributed by atoms with E-state index in [-0.39, 0.29) is 23.9 Å². The second-order valence-electron chi connectivity index (χ2n) is 6.87. The zero-order valence-corrected chi connectivity index (χ0v) is 16.2. The molecule has 0 aliphatic carbocycles. The quantitative estimate of drug-likeness (QED) is 0.786. The van der Waals surface area contributed by atoms with E-state index in [4.69, 9.17) is 9.47 Å². The van der Waals surface area contributed by atoms with E-state index >= 15 is 0 Å². The summed E-state index contributed by atoms with van der Waals surface area (Å²) in [5.74, 6) is 1.09. The fourth-order valence-electron chi connectivity index (χ4n) is 3.08. The minimum absolute atomic E-state index is 0.0344. The van der Waals surface area contributed by atoms with Gasteiger partial charge in [0.2, 0.25) is 0 Å². The smallest absolute Gasteiger partial charge is 0.346 e. The lowest BCUT2D eigenvalue weighted by molar-refractivity contribution is 0.0825. The van der Waals surface area contributed by atoms with Crippen molar-refractivity contribution in [1.82, 2.24) is 19.3 Å². The van der Waals surface area contributed by atoms with Gasteiger partial charge in [-0.25, -0.2) is 14.5 Å². The average Bonchev–Trinajstić information content (AvgIpc) is 3.27. The summed E-state index contributed by atoms with van der Waals surface area (Å²) in [5.41, 5.74) is 0.716. The molecule has 2 aromatic rings. The average molecular weight is 366 g/mol. The van der Waals surface area contributed by atoms with E-state index in [1.807, 2.05) is 26.2 Å². The van der Waals surface area contributed by atoms with E-state index in [2.05, 4.69) is 17.0 Å². The lowest BCUT2D eigenvalue weighted by Crippen LogP contribution is -2.28. The van der Waals surface area contributed by atoms with E-state index in [0.717, 1.165) is 29.6 Å². The summed E-state index contributed by atoms with van der Waals surface area (Å²) in [6.07, 6.45) is 0.830. The molecule has 1 aliphatic rings. The minimum Gasteiger partial charge on any atom is -0.375 e. The SMILES string of the molecule is COC(C)c1nc(Cn2nc([C@H]3OCC[C@H]3C)n(C(C)C)c2=O)cs1. The van der Waals surface area contributed by atoms with Crippen LogP contribution in [0.5, 0.6) is 0 Å². The number of rotatable bonds is 6. The first kappa shape index (κ1) is 18.3. The Balaban J connectivity index is 1.92. The Labute approximate surface area is 151 Å². The van der Waals surface area contributed by atoms with Crippen molar-refractivity contribution in [2.24, 2.45) is 5.92 Å². The lowest BCUT2D eigenvalue weighted by Gasteiger charge is -2.16. The Morgan fingerprint density at radius 3 is 2.80 bits per heavy atom. The molecule has 0 amide bonds. The molecule has 1 aliphatic heterocycles. The molecule has 1 saturated heterocycles. The molecule has 138 valence electrons. The van der Waals surface area contributed by atoms with E-state index < -0.39 is 0 Å². The molecular weight excluding hydrogens is 340 g/mol. The van der Waals surface area contributed by atoms with E-state index in [1.54, 1.807) is 11.7 Å². The molecule has 0 saturated carbocycles. The van der Waals surface area contributed by atoms with E-state index in [9.17, 15) is 4.79 Å². The van der Waals surface area contributed by atoms with Crippen molar-refractivity contribution in [2.75, 3.05) is 13.7 Å². The summed E-state index contributed by atoms with van der Waals surface area (Å²) in [6, 6.07) is 0.0344. The van der Waals surface area contributed by atoms with Gasteiger partial charge in [-0.1, -0.05) is 6.92 Å². The second kappa shape index (κ2) is 7.39. The molecule has 0 radical (unpaired) electrons. The number of hydrogen-bond donors (Lipinski definition) is 0. The summed E-state index contributed by atoms with van der Waals surface area (Å²) in [7, 11) is 1.66. The number of ether oxygens (including phenoxy) is 2. The topological polar surface area (TPSA) is 71.2 Å². The predicted octanol–water partition coefficient (Wildman–Crippen LogP) is 2.94. The van der Waals surface area contributed by atoms with Crippen LogP contribution < -0.4 is 5.69 Å². The minimum atomic E-state index is -0.115. The molecular formula is C17H26N4O3S. The Morgan fingerprint density at radius 1 is 1.44 bits per heavy atom. The van der Waals surface area contributed by atoms with Gasteiger partial charge in [-0.2, -0.15) is 5.10 Å². The van der Waals surface area contributed by atoms with Crippen molar-refractivity contribution in [2.45, 2.75) is 58.9 Å². The van der Waals surface area contributed by atoms with Crippen LogP contribution in [0.25, 0.3) is 0 Å². The molecule has 7 nitrogen and oxygen atoms in total. The molecule has 1 unspecified atom stereocenters. The highest BCUT2D eigenvalue weighted by Gasteiger charge is 2.32. The van der Waals surface area contributed by atoms with Gasteiger partial charge in [-0.15, -0.1) is 11.3 Å². The standard InChI is InChI=1S/C17H26N4O3S/c1-10(2)21-15(14-11(3)6-7-24-14)19-20(17(21)22)8-13-9-25-16(18-13)12(4)23-5/h9-12,14H,6-8H2,1-5H3/t11-,12?,14+/m1/s1. The Hall–Kier alpha value is -1.51. The molecule has 3 atom stereocenters. The lowest BCUT2D eigenvalue weighted by atomic mass is 10.0. The first-order valence-corrected chi connectivity index (χ1v) is 9.58. The van der Waals surface area contributed by atoms with Crippen molar-refractivity contribution >= 4 is 11.3 Å². The largest absolute Gasteiger partial charge is 0.375 e. The van der Waals surface area contributed by atoms with Crippen LogP contribution in [0.2, 0.25) is 0 Å². The second-order valence-corrected chi connectivity index (χ2v) is 7.76. The molecule has 0 spiro atoms. The van der Waals surface area contributed by atoms with Gasteiger partial charge in [0.1, 0.15) is 17.2 Å². The van der Waals surface area contributed by atoms with Gasteiger partial charge in [-0.3, -0.25) is 4.57 Å². The van der Waals surface area contributed by atoms with Crippen LogP contribution in [0.1, 0.15) is 68.9 Å². The Morgan fingerprint density at radius 2 is 2.20 bits per heavy atom. The van der Waals surface area contributed by atoms with Gasteiger partial charge >= 0.3 is 5.69 Å². The van der Waals surface area contributed by atoms with Crippen LogP contribution in [0, 0.1) is 5.92 Å². The van der Waals surface area contributed by atoms with Crippen LogP contribution in [0.3, 0.4) is 0 Å². The summed E-state index contributed by atoms with van der Waals surface area (Å²) in [4.78, 5) is 17.4. The van der Waals surface area contributed by atoms with Gasteiger partial charge in [0.15, 0.2) is 5.82 Å². The van der Waals surface area contributed by atoms with E-state index in [0.29, 0.717) is 12.5 Å². The monoisotopic (exact) mass is 366 g/mol. The van der Waals surface area contributed by atoms with Crippen molar-refractivity contribution in [3.05, 3.63) is 32.4 Å². The van der Waals surface area contributed by atoms with Gasteiger partial charge in [-0.05, 0) is 33.1 Å². The fraction of sp³-hybridized carbons (Fsp3) is 0.706. The highest BCUT2D eigenvalue weighted by Crippen LogP contribution is 2.33. The van der Waals surface area contributed by atoms with Crippen LogP contribution in [0.15, 0.2) is 10.2 Å². The van der Waals surface area contributed by atoms with Crippen LogP contribution in [-0.4, -0.2) is 33.0 Å². The number of aromatic nitrogens is 4. The van der Waals surface area contributed by atoms with Crippen molar-refractivity contribution in [1.29, 1.82) is 0 Å². The summed E-state index contributed by atoms with van der Waals surface area (Å²) < 4.78 is 14.4. The van der Waals surface area contributed by atoms with Crippen molar-refractivity contribution in [3.8, 4) is 0 Å². The molecule has 8 heteroatoms. The Kier molecular flexibility index (Phi) is 5.41. The first-order chi connectivity index (χ1) is 11.9. The normalized spacial score (nSPS) is 22.0. The molecule has 0 bridgehead atoms. The first-order valence-electron chi connectivity index (χ1n) is 8.70. The van der Waals surface area contributed by atoms with Crippen LogP contribution in [0.4, 0.5) is 0 Å². The molecule has 25 heavy (non-hydrogen) atoms. The predicted molar refractivity (Wildman–Crippen MR) is 96.0 cm³/mol. The summed E-state index contributed by atoms with van der Waals surface area (Å²) in [5, 5.41) is 7.47. The van der Waals surface area contributed by atoms with Crippen LogP contribution >= 0.6 is 11.3 Å². The third-order valence-corrected chi connectivity index (χ3v) is 5.69. The van der Waals surface area contributed by atoms with Gasteiger partial charge in [0, 0.05) is 25.1 Å². The molecule has 1 fully saturated rings. The zero-order chi connectivity index (χ0) is 18.1. The maximum absolute atomic E-state index is 12.9. The van der Waals surface area contributed by atoms with Crippen molar-refractivity contribution < 1.29 is 9.47 Å². The van der Waals surface area contributed by atoms with Gasteiger partial charge in [0.25, 0.3) is 0 Å². The molecule has 3 heterocycles. The summed E-state index contributed by atoms with van der Waals surface area (Å²) >= 11 is 1.54. The molecule has 2 aromatic heterocycles. The molecule has 0 aromatic carbocycles. The molecule has 0 N–H and O–H groups in total. The maximum Gasteiger partial charge on any atom is 0.346 e. The fourth-order valence-corrected chi connectivity index (χ4v) is 3.92. The summed E-state index contributed by atoms with van der Waals surface area (Å²) in [6.45, 7) is 9.17. The number of nitrogens with zero attached hydrogens (tertiary/aromatic N) is 4. The zero-order valence-electron chi connectivity index (χ0n) is 15.4. The molecule has 3 rings (SSSR count). The number of methoxy groups -OCH3 is 1. The highest BCUT2D eigenvalue weighted by molar-refractivity contribution is 7.09. The number of hydrogen-bond acceptors (Lipinski definition) is 6. The van der Waals surface area contributed by atoms with Gasteiger partial charge < -0.3 is 9.47 Å². The van der Waals surface area contributed by atoms with Gasteiger partial charge in [0.05, 0.1) is 12.2 Å². The maximum atomic E-state index is 12.9. The van der Waals surface area contributed by atoms with E-state index in [1.165, 1.54) is 16.0 Å². The van der Waals surface area contributed by atoms with Crippen molar-refractivity contribution in [3.63, 3.8) is 0 Å². The third-order valence-electron chi connectivity index (χ3n) is 4.64.